The third kappa shape index (κ3) is 8.68. The summed E-state index contributed by atoms with van der Waals surface area (Å²) in [4.78, 5) is 19.5. The standard InChI is InChI=1S/C7H11NO3/c9-4-1-2-5-11-6-3-8-7-10/h2,4-5,7H,1,3,6H2,(H,8,10)/b5-2+. The number of ether oxygens (including phenoxy) is 1. The predicted molar refractivity (Wildman–Crippen MR) is 39.8 cm³/mol. The highest BCUT2D eigenvalue weighted by Gasteiger charge is 1.79. The van der Waals surface area contributed by atoms with E-state index in [1.165, 1.54) is 6.26 Å². The van der Waals surface area contributed by atoms with Crippen molar-refractivity contribution in [3.8, 4) is 0 Å². The van der Waals surface area contributed by atoms with Gasteiger partial charge in [0.25, 0.3) is 0 Å². The first-order chi connectivity index (χ1) is 5.41. The van der Waals surface area contributed by atoms with E-state index in [2.05, 4.69) is 5.32 Å². The lowest BCUT2D eigenvalue weighted by Gasteiger charge is -1.97. The molecule has 0 spiro atoms. The fourth-order valence-electron chi connectivity index (χ4n) is 0.424. The van der Waals surface area contributed by atoms with Crippen molar-refractivity contribution in [2.75, 3.05) is 13.2 Å². The van der Waals surface area contributed by atoms with Crippen molar-refractivity contribution in [3.63, 3.8) is 0 Å². The molecule has 0 fully saturated rings. The maximum atomic E-state index is 9.77. The van der Waals surface area contributed by atoms with E-state index in [4.69, 9.17) is 4.74 Å². The van der Waals surface area contributed by atoms with Crippen molar-refractivity contribution in [2.45, 2.75) is 6.42 Å². The van der Waals surface area contributed by atoms with Crippen LogP contribution in [0.1, 0.15) is 6.42 Å². The van der Waals surface area contributed by atoms with Gasteiger partial charge in [0.05, 0.1) is 12.8 Å². The Morgan fingerprint density at radius 1 is 1.36 bits per heavy atom. The van der Waals surface area contributed by atoms with E-state index in [1.807, 2.05) is 0 Å². The summed E-state index contributed by atoms with van der Waals surface area (Å²) in [5, 5.41) is 2.43. The van der Waals surface area contributed by atoms with Crippen LogP contribution in [0.3, 0.4) is 0 Å². The highest BCUT2D eigenvalue weighted by atomic mass is 16.5. The number of allylic oxidation sites excluding steroid dienone is 1. The summed E-state index contributed by atoms with van der Waals surface area (Å²) in [6.07, 6.45) is 4.80. The van der Waals surface area contributed by atoms with Gasteiger partial charge in [-0.1, -0.05) is 0 Å². The van der Waals surface area contributed by atoms with Gasteiger partial charge in [-0.15, -0.1) is 0 Å². The Morgan fingerprint density at radius 3 is 2.82 bits per heavy atom. The smallest absolute Gasteiger partial charge is 0.207 e. The van der Waals surface area contributed by atoms with Crippen molar-refractivity contribution in [1.82, 2.24) is 5.32 Å². The molecule has 0 atom stereocenters. The molecule has 0 unspecified atom stereocenters. The van der Waals surface area contributed by atoms with E-state index < -0.39 is 0 Å². The zero-order valence-corrected chi connectivity index (χ0v) is 6.16. The van der Waals surface area contributed by atoms with Crippen molar-refractivity contribution in [1.29, 1.82) is 0 Å². The molecule has 62 valence electrons. The third-order valence-corrected chi connectivity index (χ3v) is 0.872. The van der Waals surface area contributed by atoms with E-state index in [9.17, 15) is 9.59 Å². The molecule has 0 aliphatic heterocycles. The molecule has 0 heterocycles. The first-order valence-corrected chi connectivity index (χ1v) is 3.29. The van der Waals surface area contributed by atoms with Crippen LogP contribution in [0.5, 0.6) is 0 Å². The fourth-order valence-corrected chi connectivity index (χ4v) is 0.424. The molecule has 1 N–H and O–H groups in total. The molecule has 0 bridgehead atoms. The first-order valence-electron chi connectivity index (χ1n) is 3.29. The average molecular weight is 157 g/mol. The molecular formula is C7H11NO3. The summed E-state index contributed by atoms with van der Waals surface area (Å²) in [6, 6.07) is 0. The molecular weight excluding hydrogens is 146 g/mol. The highest BCUT2D eigenvalue weighted by Crippen LogP contribution is 1.79. The largest absolute Gasteiger partial charge is 0.500 e. The summed E-state index contributed by atoms with van der Waals surface area (Å²) in [6.45, 7) is 0.906. The maximum absolute atomic E-state index is 9.77. The SMILES string of the molecule is O=CC/C=C/OCCNC=O. The zero-order chi connectivity index (χ0) is 8.36. The maximum Gasteiger partial charge on any atom is 0.207 e. The van der Waals surface area contributed by atoms with Crippen LogP contribution in [0.2, 0.25) is 0 Å². The average Bonchev–Trinajstić information content (AvgIpc) is 2.03. The Morgan fingerprint density at radius 2 is 2.18 bits per heavy atom. The van der Waals surface area contributed by atoms with E-state index in [0.29, 0.717) is 26.0 Å². The van der Waals surface area contributed by atoms with E-state index >= 15 is 0 Å². The topological polar surface area (TPSA) is 55.4 Å². The molecule has 4 heteroatoms. The van der Waals surface area contributed by atoms with E-state index in [0.717, 1.165) is 6.29 Å². The molecule has 0 rings (SSSR count). The normalized spacial score (nSPS) is 9.45. The summed E-state index contributed by atoms with van der Waals surface area (Å²) in [7, 11) is 0. The second-order valence-corrected chi connectivity index (χ2v) is 1.72. The lowest BCUT2D eigenvalue weighted by molar-refractivity contribution is -0.109. The molecule has 0 radical (unpaired) electrons. The van der Waals surface area contributed by atoms with E-state index in [1.54, 1.807) is 6.08 Å². The summed E-state index contributed by atoms with van der Waals surface area (Å²) in [5.41, 5.74) is 0. The van der Waals surface area contributed by atoms with Crippen molar-refractivity contribution >= 4 is 12.7 Å². The quantitative estimate of drug-likeness (QED) is 0.317. The van der Waals surface area contributed by atoms with E-state index in [-0.39, 0.29) is 0 Å². The van der Waals surface area contributed by atoms with Gasteiger partial charge >= 0.3 is 0 Å². The Bertz CT molecular complexity index is 134. The first kappa shape index (κ1) is 9.68. The molecule has 0 aromatic carbocycles. The minimum absolute atomic E-state index is 0.362. The van der Waals surface area contributed by atoms with Gasteiger partial charge in [-0.25, -0.2) is 0 Å². The van der Waals surface area contributed by atoms with Crippen LogP contribution in [0.4, 0.5) is 0 Å². The van der Waals surface area contributed by atoms with Crippen LogP contribution >= 0.6 is 0 Å². The number of carbonyl (C=O) groups is 2. The van der Waals surface area contributed by atoms with Crippen LogP contribution in [-0.2, 0) is 14.3 Å². The number of carbonyl (C=O) groups excluding carboxylic acids is 2. The third-order valence-electron chi connectivity index (χ3n) is 0.872. The zero-order valence-electron chi connectivity index (χ0n) is 6.16. The van der Waals surface area contributed by atoms with Crippen LogP contribution in [0, 0.1) is 0 Å². The Kier molecular flexibility index (Phi) is 7.64. The highest BCUT2D eigenvalue weighted by molar-refractivity contribution is 5.51. The van der Waals surface area contributed by atoms with Gasteiger partial charge in [0, 0.05) is 6.42 Å². The van der Waals surface area contributed by atoms with Gasteiger partial charge < -0.3 is 14.8 Å². The lowest BCUT2D eigenvalue weighted by atomic mass is 10.5. The van der Waals surface area contributed by atoms with Gasteiger partial charge in [0.2, 0.25) is 6.41 Å². The Balaban J connectivity index is 3.00. The summed E-state index contributed by atoms with van der Waals surface area (Å²) < 4.78 is 4.88. The molecule has 4 nitrogen and oxygen atoms in total. The molecule has 0 saturated heterocycles. The lowest BCUT2D eigenvalue weighted by Crippen LogP contribution is -2.16. The van der Waals surface area contributed by atoms with Crippen molar-refractivity contribution in [3.05, 3.63) is 12.3 Å². The van der Waals surface area contributed by atoms with Gasteiger partial charge in [-0.05, 0) is 6.08 Å². The molecule has 0 aromatic heterocycles. The van der Waals surface area contributed by atoms with Crippen LogP contribution in [0.15, 0.2) is 12.3 Å². The summed E-state index contributed by atoms with van der Waals surface area (Å²) >= 11 is 0. The second kappa shape index (κ2) is 8.68. The van der Waals surface area contributed by atoms with Crippen LogP contribution in [-0.4, -0.2) is 25.8 Å². The van der Waals surface area contributed by atoms with Crippen LogP contribution < -0.4 is 5.32 Å². The number of hydrogen-bond donors (Lipinski definition) is 1. The number of aldehydes is 1. The number of rotatable bonds is 7. The number of amides is 1. The van der Waals surface area contributed by atoms with Crippen molar-refractivity contribution < 1.29 is 14.3 Å². The predicted octanol–water partition coefficient (Wildman–Crippen LogP) is -0.148. The Labute approximate surface area is 65.2 Å². The number of nitrogens with one attached hydrogen (secondary N) is 1. The van der Waals surface area contributed by atoms with Gasteiger partial charge in [-0.3, -0.25) is 4.79 Å². The molecule has 0 aliphatic carbocycles. The molecule has 0 aliphatic rings. The van der Waals surface area contributed by atoms with Crippen molar-refractivity contribution in [2.24, 2.45) is 0 Å². The molecule has 0 saturated carbocycles. The molecule has 0 aromatic rings. The van der Waals surface area contributed by atoms with Gasteiger partial charge in [-0.2, -0.15) is 0 Å². The minimum Gasteiger partial charge on any atom is -0.500 e. The molecule has 11 heavy (non-hydrogen) atoms. The fraction of sp³-hybridized carbons (Fsp3) is 0.429. The minimum atomic E-state index is 0.362. The monoisotopic (exact) mass is 157 g/mol. The van der Waals surface area contributed by atoms with Gasteiger partial charge in [0.15, 0.2) is 0 Å². The number of hydrogen-bond acceptors (Lipinski definition) is 3. The second-order valence-electron chi connectivity index (χ2n) is 1.72. The summed E-state index contributed by atoms with van der Waals surface area (Å²) in [5.74, 6) is 0. The van der Waals surface area contributed by atoms with Gasteiger partial charge in [0.1, 0.15) is 12.9 Å². The molecule has 1 amide bonds. The Hall–Kier alpha value is -1.32. The van der Waals surface area contributed by atoms with Crippen LogP contribution in [0.25, 0.3) is 0 Å².